The molecule has 0 saturated carbocycles. The van der Waals surface area contributed by atoms with Gasteiger partial charge in [-0.1, -0.05) is 13.8 Å². The largest absolute Gasteiger partial charge is 0.350 e. The lowest BCUT2D eigenvalue weighted by Gasteiger charge is -2.35. The summed E-state index contributed by atoms with van der Waals surface area (Å²) < 4.78 is 1.56. The summed E-state index contributed by atoms with van der Waals surface area (Å²) >= 11 is 0. The predicted octanol–water partition coefficient (Wildman–Crippen LogP) is 1.35. The number of hydrogen-bond acceptors (Lipinski definition) is 3. The molecule has 2 rings (SSSR count). The van der Waals surface area contributed by atoms with Crippen molar-refractivity contribution in [2.45, 2.75) is 33.6 Å². The molecule has 0 bridgehead atoms. The van der Waals surface area contributed by atoms with Crippen LogP contribution in [0.2, 0.25) is 0 Å². The molecule has 1 N–H and O–H groups in total. The van der Waals surface area contributed by atoms with Crippen LogP contribution in [0, 0.1) is 18.8 Å². The van der Waals surface area contributed by atoms with Gasteiger partial charge in [-0.25, -0.2) is 0 Å². The van der Waals surface area contributed by atoms with E-state index in [1.165, 1.54) is 6.42 Å². The van der Waals surface area contributed by atoms with Crippen molar-refractivity contribution in [2.75, 3.05) is 19.6 Å². The van der Waals surface area contributed by atoms with E-state index < -0.39 is 0 Å². The Kier molecular flexibility index (Phi) is 5.21. The van der Waals surface area contributed by atoms with Crippen LogP contribution in [0.4, 0.5) is 0 Å². The Morgan fingerprint density at radius 3 is 2.50 bits per heavy atom. The zero-order chi connectivity index (χ0) is 16.3. The molecule has 6 nitrogen and oxygen atoms in total. The molecule has 2 amide bonds. The van der Waals surface area contributed by atoms with Crippen LogP contribution in [0.3, 0.4) is 0 Å². The van der Waals surface area contributed by atoms with Crippen molar-refractivity contribution in [3.05, 3.63) is 17.5 Å². The fraction of sp³-hybridized carbons (Fsp3) is 0.688. The molecule has 0 spiro atoms. The molecule has 1 aliphatic rings. The Hall–Kier alpha value is -1.85. The molecule has 1 fully saturated rings. The number of nitrogens with one attached hydrogen (secondary N) is 1. The fourth-order valence-corrected chi connectivity index (χ4v) is 3.22. The van der Waals surface area contributed by atoms with Gasteiger partial charge in [0.15, 0.2) is 0 Å². The molecule has 0 radical (unpaired) electrons. The van der Waals surface area contributed by atoms with Gasteiger partial charge in [-0.2, -0.15) is 5.10 Å². The molecule has 2 heterocycles. The lowest BCUT2D eigenvalue weighted by atomic mass is 9.92. The first-order valence-electron chi connectivity index (χ1n) is 7.93. The molecular weight excluding hydrogens is 280 g/mol. The Morgan fingerprint density at radius 2 is 1.95 bits per heavy atom. The number of nitrogens with zero attached hydrogens (tertiary/aromatic N) is 3. The van der Waals surface area contributed by atoms with Gasteiger partial charge in [0.2, 0.25) is 5.91 Å². The molecule has 1 saturated heterocycles. The summed E-state index contributed by atoms with van der Waals surface area (Å²) in [7, 11) is 1.74. The number of amides is 2. The molecule has 122 valence electrons. The van der Waals surface area contributed by atoms with Crippen LogP contribution in [0.15, 0.2) is 6.07 Å². The number of hydrogen-bond donors (Lipinski definition) is 1. The highest BCUT2D eigenvalue weighted by molar-refractivity contribution is 5.92. The van der Waals surface area contributed by atoms with E-state index in [4.69, 9.17) is 0 Å². The van der Waals surface area contributed by atoms with E-state index >= 15 is 0 Å². The molecule has 22 heavy (non-hydrogen) atoms. The van der Waals surface area contributed by atoms with Crippen LogP contribution >= 0.6 is 0 Å². The van der Waals surface area contributed by atoms with Gasteiger partial charge in [0.25, 0.3) is 5.91 Å². The van der Waals surface area contributed by atoms with Gasteiger partial charge < -0.3 is 10.2 Å². The minimum atomic E-state index is -0.184. The first-order valence-corrected chi connectivity index (χ1v) is 7.93. The van der Waals surface area contributed by atoms with Gasteiger partial charge >= 0.3 is 0 Å². The van der Waals surface area contributed by atoms with Crippen molar-refractivity contribution in [3.8, 4) is 0 Å². The summed E-state index contributed by atoms with van der Waals surface area (Å²) in [5.41, 5.74) is 1.32. The SMILES string of the molecule is Cc1cc(C(=O)NCCC(=O)N2CC(C)CC(C)C2)n(C)n1. The number of aryl methyl sites for hydroxylation is 2. The second-order valence-electron chi connectivity index (χ2n) is 6.55. The maximum Gasteiger partial charge on any atom is 0.269 e. The topological polar surface area (TPSA) is 67.2 Å². The standard InChI is InChI=1S/C16H26N4O2/c1-11-7-12(2)10-20(9-11)15(21)5-6-17-16(22)14-8-13(3)18-19(14)4/h8,11-12H,5-7,9-10H2,1-4H3,(H,17,22). The average Bonchev–Trinajstić information content (AvgIpc) is 2.76. The number of carbonyl (C=O) groups is 2. The fourth-order valence-electron chi connectivity index (χ4n) is 3.22. The summed E-state index contributed by atoms with van der Waals surface area (Å²) in [4.78, 5) is 26.2. The number of aromatic nitrogens is 2. The average molecular weight is 306 g/mol. The van der Waals surface area contributed by atoms with Crippen molar-refractivity contribution in [3.63, 3.8) is 0 Å². The smallest absolute Gasteiger partial charge is 0.269 e. The summed E-state index contributed by atoms with van der Waals surface area (Å²) in [5, 5.41) is 6.94. The first-order chi connectivity index (χ1) is 10.4. The molecular formula is C16H26N4O2. The molecule has 2 unspecified atom stereocenters. The summed E-state index contributed by atoms with van der Waals surface area (Å²) in [5.74, 6) is 1.05. The highest BCUT2D eigenvalue weighted by Gasteiger charge is 2.25. The van der Waals surface area contributed by atoms with Gasteiger partial charge in [0.05, 0.1) is 5.69 Å². The van der Waals surface area contributed by atoms with Gasteiger partial charge in [0.1, 0.15) is 5.69 Å². The lowest BCUT2D eigenvalue weighted by molar-refractivity contribution is -0.133. The zero-order valence-electron chi connectivity index (χ0n) is 13.9. The summed E-state index contributed by atoms with van der Waals surface area (Å²) in [6.07, 6.45) is 1.53. The van der Waals surface area contributed by atoms with Gasteiger partial charge in [-0.15, -0.1) is 0 Å². The van der Waals surface area contributed by atoms with E-state index in [-0.39, 0.29) is 11.8 Å². The molecule has 0 aromatic carbocycles. The quantitative estimate of drug-likeness (QED) is 0.913. The van der Waals surface area contributed by atoms with Gasteiger partial charge in [0, 0.05) is 33.1 Å². The maximum atomic E-state index is 12.2. The molecule has 1 aromatic heterocycles. The number of likely N-dealkylation sites (tertiary alicyclic amines) is 1. The maximum absolute atomic E-state index is 12.2. The molecule has 1 aliphatic heterocycles. The number of piperidine rings is 1. The van der Waals surface area contributed by atoms with Crippen molar-refractivity contribution < 1.29 is 9.59 Å². The Morgan fingerprint density at radius 1 is 1.32 bits per heavy atom. The monoisotopic (exact) mass is 306 g/mol. The molecule has 1 aromatic rings. The Labute approximate surface area is 131 Å². The Balaban J connectivity index is 1.79. The summed E-state index contributed by atoms with van der Waals surface area (Å²) in [6.45, 7) is 8.24. The van der Waals surface area contributed by atoms with Crippen LogP contribution in [0.5, 0.6) is 0 Å². The van der Waals surface area contributed by atoms with E-state index in [2.05, 4.69) is 24.3 Å². The van der Waals surface area contributed by atoms with Crippen LogP contribution in [0.1, 0.15) is 42.9 Å². The van der Waals surface area contributed by atoms with E-state index in [1.807, 2.05) is 11.8 Å². The van der Waals surface area contributed by atoms with Gasteiger partial charge in [-0.05, 0) is 31.2 Å². The van der Waals surface area contributed by atoms with Crippen LogP contribution in [-0.2, 0) is 11.8 Å². The van der Waals surface area contributed by atoms with Crippen LogP contribution in [-0.4, -0.2) is 46.1 Å². The highest BCUT2D eigenvalue weighted by Crippen LogP contribution is 2.21. The number of carbonyl (C=O) groups excluding carboxylic acids is 2. The first kappa shape index (κ1) is 16.5. The minimum Gasteiger partial charge on any atom is -0.350 e. The molecule has 0 aliphatic carbocycles. The van der Waals surface area contributed by atoms with E-state index in [9.17, 15) is 9.59 Å². The van der Waals surface area contributed by atoms with Gasteiger partial charge in [-0.3, -0.25) is 14.3 Å². The normalized spacial score (nSPS) is 21.7. The Bertz CT molecular complexity index is 542. The van der Waals surface area contributed by atoms with E-state index in [1.54, 1.807) is 17.8 Å². The second kappa shape index (κ2) is 6.94. The predicted molar refractivity (Wildman–Crippen MR) is 84.4 cm³/mol. The highest BCUT2D eigenvalue weighted by atomic mass is 16.2. The third-order valence-corrected chi connectivity index (χ3v) is 4.08. The lowest BCUT2D eigenvalue weighted by Crippen LogP contribution is -2.43. The van der Waals surface area contributed by atoms with Crippen molar-refractivity contribution >= 4 is 11.8 Å². The minimum absolute atomic E-state index is 0.125. The van der Waals surface area contributed by atoms with Crippen LogP contribution < -0.4 is 5.32 Å². The van der Waals surface area contributed by atoms with Crippen molar-refractivity contribution in [1.29, 1.82) is 0 Å². The summed E-state index contributed by atoms with van der Waals surface area (Å²) in [6, 6.07) is 1.74. The van der Waals surface area contributed by atoms with E-state index in [0.717, 1.165) is 18.8 Å². The van der Waals surface area contributed by atoms with Crippen molar-refractivity contribution in [2.24, 2.45) is 18.9 Å². The third-order valence-electron chi connectivity index (χ3n) is 4.08. The third kappa shape index (κ3) is 4.08. The molecule has 2 atom stereocenters. The van der Waals surface area contributed by atoms with Crippen LogP contribution in [0.25, 0.3) is 0 Å². The number of rotatable bonds is 4. The second-order valence-corrected chi connectivity index (χ2v) is 6.55. The van der Waals surface area contributed by atoms with E-state index in [0.29, 0.717) is 30.5 Å². The van der Waals surface area contributed by atoms with Crippen molar-refractivity contribution in [1.82, 2.24) is 20.0 Å². The zero-order valence-corrected chi connectivity index (χ0v) is 13.9. The molecule has 6 heteroatoms.